The summed E-state index contributed by atoms with van der Waals surface area (Å²) in [7, 11) is 0. The third-order valence-corrected chi connectivity index (χ3v) is 4.44. The molecule has 5 heteroatoms. The number of rotatable bonds is 3. The van der Waals surface area contributed by atoms with Crippen LogP contribution in [0, 0.1) is 23.5 Å². The van der Waals surface area contributed by atoms with E-state index in [1.54, 1.807) is 0 Å². The zero-order valence-corrected chi connectivity index (χ0v) is 11.9. The van der Waals surface area contributed by atoms with Crippen LogP contribution < -0.4 is 0 Å². The molecule has 1 fully saturated rings. The number of hydrogen-bond donors (Lipinski definition) is 1. The van der Waals surface area contributed by atoms with E-state index in [-0.39, 0.29) is 22.4 Å². The van der Waals surface area contributed by atoms with E-state index in [1.807, 2.05) is 0 Å². The van der Waals surface area contributed by atoms with Crippen molar-refractivity contribution in [3.05, 3.63) is 33.8 Å². The Hall–Kier alpha value is -0.970. The molecule has 2 nitrogen and oxygen atoms in total. The molecule has 19 heavy (non-hydrogen) atoms. The highest BCUT2D eigenvalue weighted by Crippen LogP contribution is 2.34. The normalized spacial score (nSPS) is 23.3. The van der Waals surface area contributed by atoms with E-state index in [0.717, 1.165) is 12.8 Å². The van der Waals surface area contributed by atoms with E-state index in [1.165, 1.54) is 12.1 Å². The van der Waals surface area contributed by atoms with Gasteiger partial charge in [-0.25, -0.2) is 8.78 Å². The Kier molecular flexibility index (Phi) is 4.55. The Balaban J connectivity index is 2.24. The lowest BCUT2D eigenvalue weighted by molar-refractivity contribution is -0.144. The molecule has 1 aromatic carbocycles. The number of aliphatic carboxylic acids is 1. The first-order chi connectivity index (χ1) is 9.00. The van der Waals surface area contributed by atoms with Gasteiger partial charge in [-0.1, -0.05) is 12.8 Å². The number of benzene rings is 1. The van der Waals surface area contributed by atoms with E-state index >= 15 is 0 Å². The largest absolute Gasteiger partial charge is 0.481 e. The maximum absolute atomic E-state index is 13.9. The third-order valence-electron chi connectivity index (χ3n) is 3.83. The van der Waals surface area contributed by atoms with Gasteiger partial charge in [-0.2, -0.15) is 0 Å². The van der Waals surface area contributed by atoms with Gasteiger partial charge in [-0.3, -0.25) is 4.79 Å². The first-order valence-electron chi connectivity index (χ1n) is 6.36. The molecule has 0 radical (unpaired) electrons. The third kappa shape index (κ3) is 3.14. The molecule has 0 saturated heterocycles. The number of halogens is 3. The molecule has 0 spiro atoms. The van der Waals surface area contributed by atoms with Crippen LogP contribution in [0.5, 0.6) is 0 Å². The predicted octanol–water partition coefficient (Wildman–Crippen LogP) is 4.16. The van der Waals surface area contributed by atoms with Gasteiger partial charge in [0.1, 0.15) is 11.6 Å². The molecule has 2 atom stereocenters. The van der Waals surface area contributed by atoms with E-state index in [4.69, 9.17) is 0 Å². The predicted molar refractivity (Wildman–Crippen MR) is 70.8 cm³/mol. The second-order valence-electron chi connectivity index (χ2n) is 5.02. The summed E-state index contributed by atoms with van der Waals surface area (Å²) in [5, 5.41) is 9.18. The maximum atomic E-state index is 13.9. The summed E-state index contributed by atoms with van der Waals surface area (Å²) >= 11 is 3.03. The van der Waals surface area contributed by atoms with Crippen LogP contribution in [0.1, 0.15) is 31.2 Å². The average Bonchev–Trinajstić information content (AvgIpc) is 2.39. The van der Waals surface area contributed by atoms with Crippen LogP contribution in [0.15, 0.2) is 16.6 Å². The van der Waals surface area contributed by atoms with Crippen molar-refractivity contribution in [2.45, 2.75) is 32.1 Å². The van der Waals surface area contributed by atoms with Gasteiger partial charge in [0.2, 0.25) is 0 Å². The second kappa shape index (κ2) is 5.99. The van der Waals surface area contributed by atoms with Crippen molar-refractivity contribution in [3.8, 4) is 0 Å². The summed E-state index contributed by atoms with van der Waals surface area (Å²) < 4.78 is 27.8. The minimum atomic E-state index is -0.861. The smallest absolute Gasteiger partial charge is 0.306 e. The van der Waals surface area contributed by atoms with Crippen LogP contribution in [-0.2, 0) is 11.2 Å². The summed E-state index contributed by atoms with van der Waals surface area (Å²) in [6, 6.07) is 2.53. The summed E-state index contributed by atoms with van der Waals surface area (Å²) in [5.74, 6) is -2.76. The van der Waals surface area contributed by atoms with Crippen molar-refractivity contribution in [2.75, 3.05) is 0 Å². The van der Waals surface area contributed by atoms with Gasteiger partial charge in [0.15, 0.2) is 0 Å². The van der Waals surface area contributed by atoms with Gasteiger partial charge < -0.3 is 5.11 Å². The fraction of sp³-hybridized carbons (Fsp3) is 0.500. The van der Waals surface area contributed by atoms with Crippen molar-refractivity contribution >= 4 is 21.9 Å². The molecule has 0 aromatic heterocycles. The van der Waals surface area contributed by atoms with Crippen LogP contribution >= 0.6 is 15.9 Å². The first kappa shape index (κ1) is 14.4. The van der Waals surface area contributed by atoms with Crippen LogP contribution in [0.3, 0.4) is 0 Å². The molecular weight excluding hydrogens is 318 g/mol. The Morgan fingerprint density at radius 2 is 2.00 bits per heavy atom. The number of carbonyl (C=O) groups is 1. The second-order valence-corrected chi connectivity index (χ2v) is 5.87. The molecule has 1 N–H and O–H groups in total. The lowest BCUT2D eigenvalue weighted by Crippen LogP contribution is -2.29. The minimum absolute atomic E-state index is 0.00692. The van der Waals surface area contributed by atoms with Crippen molar-refractivity contribution in [1.29, 1.82) is 0 Å². The molecule has 0 heterocycles. The van der Waals surface area contributed by atoms with E-state index < -0.39 is 23.5 Å². The Labute approximate surface area is 118 Å². The van der Waals surface area contributed by atoms with Gasteiger partial charge in [-0.05, 0) is 53.2 Å². The fourth-order valence-electron chi connectivity index (χ4n) is 2.80. The van der Waals surface area contributed by atoms with E-state index in [0.29, 0.717) is 12.8 Å². The van der Waals surface area contributed by atoms with Crippen LogP contribution in [0.25, 0.3) is 0 Å². The first-order valence-corrected chi connectivity index (χ1v) is 7.15. The quantitative estimate of drug-likeness (QED) is 0.844. The van der Waals surface area contributed by atoms with Gasteiger partial charge in [-0.15, -0.1) is 0 Å². The summed E-state index contributed by atoms with van der Waals surface area (Å²) in [4.78, 5) is 11.2. The minimum Gasteiger partial charge on any atom is -0.481 e. The standard InChI is InChI=1S/C14H15BrF2O2/c15-11-5-6-12(16)10(13(11)17)7-8-3-1-2-4-9(8)14(18)19/h5-6,8-9H,1-4,7H2,(H,18,19). The Morgan fingerprint density at radius 3 is 2.68 bits per heavy atom. The zero-order valence-electron chi connectivity index (χ0n) is 10.3. The molecule has 0 amide bonds. The Morgan fingerprint density at radius 1 is 1.32 bits per heavy atom. The van der Waals surface area contributed by atoms with Gasteiger partial charge in [0.25, 0.3) is 0 Å². The topological polar surface area (TPSA) is 37.3 Å². The molecule has 1 aliphatic carbocycles. The number of hydrogen-bond acceptors (Lipinski definition) is 1. The molecule has 0 bridgehead atoms. The van der Waals surface area contributed by atoms with Crippen LogP contribution in [-0.4, -0.2) is 11.1 Å². The van der Waals surface area contributed by atoms with E-state index in [2.05, 4.69) is 15.9 Å². The van der Waals surface area contributed by atoms with Gasteiger partial charge in [0.05, 0.1) is 10.4 Å². The molecule has 2 unspecified atom stereocenters. The number of carboxylic acids is 1. The van der Waals surface area contributed by atoms with Crippen LogP contribution in [0.2, 0.25) is 0 Å². The van der Waals surface area contributed by atoms with E-state index in [9.17, 15) is 18.7 Å². The molecule has 1 aromatic rings. The average molecular weight is 333 g/mol. The highest BCUT2D eigenvalue weighted by molar-refractivity contribution is 9.10. The molecule has 1 aliphatic rings. The molecule has 0 aliphatic heterocycles. The highest BCUT2D eigenvalue weighted by atomic mass is 79.9. The Bertz CT molecular complexity index is 491. The molecular formula is C14H15BrF2O2. The number of carboxylic acid groups (broad SMARTS) is 1. The van der Waals surface area contributed by atoms with Gasteiger partial charge in [0, 0.05) is 5.56 Å². The zero-order chi connectivity index (χ0) is 14.0. The summed E-state index contributed by atoms with van der Waals surface area (Å²) in [6.45, 7) is 0. The highest BCUT2D eigenvalue weighted by Gasteiger charge is 2.32. The lowest BCUT2D eigenvalue weighted by atomic mass is 9.76. The lowest BCUT2D eigenvalue weighted by Gasteiger charge is -2.28. The fourth-order valence-corrected chi connectivity index (χ4v) is 3.17. The monoisotopic (exact) mass is 332 g/mol. The van der Waals surface area contributed by atoms with Crippen LogP contribution in [0.4, 0.5) is 8.78 Å². The summed E-state index contributed by atoms with van der Waals surface area (Å²) in [6.07, 6.45) is 3.25. The van der Waals surface area contributed by atoms with Crippen molar-refractivity contribution in [3.63, 3.8) is 0 Å². The maximum Gasteiger partial charge on any atom is 0.306 e. The molecule has 1 saturated carbocycles. The molecule has 2 rings (SSSR count). The summed E-state index contributed by atoms with van der Waals surface area (Å²) in [5.41, 5.74) is -0.00692. The van der Waals surface area contributed by atoms with Crippen molar-refractivity contribution < 1.29 is 18.7 Å². The van der Waals surface area contributed by atoms with Crippen molar-refractivity contribution in [1.82, 2.24) is 0 Å². The molecule has 104 valence electrons. The SMILES string of the molecule is O=C(O)C1CCCCC1Cc1c(F)ccc(Br)c1F. The van der Waals surface area contributed by atoms with Crippen molar-refractivity contribution in [2.24, 2.45) is 11.8 Å². The van der Waals surface area contributed by atoms with Gasteiger partial charge >= 0.3 is 5.97 Å².